The fourth-order valence-corrected chi connectivity index (χ4v) is 2.59. The Kier molecular flexibility index (Phi) is 3.26. The van der Waals surface area contributed by atoms with Crippen molar-refractivity contribution in [2.45, 2.75) is 26.2 Å². The van der Waals surface area contributed by atoms with Crippen molar-refractivity contribution in [3.05, 3.63) is 11.1 Å². The molecule has 1 aliphatic rings. The summed E-state index contributed by atoms with van der Waals surface area (Å²) in [6.07, 6.45) is 2.71. The monoisotopic (exact) mass is 253 g/mol. The molecular weight excluding hydrogens is 238 g/mol. The summed E-state index contributed by atoms with van der Waals surface area (Å²) < 4.78 is 0. The molecule has 0 saturated heterocycles. The van der Waals surface area contributed by atoms with Crippen LogP contribution < -0.4 is 11.1 Å². The summed E-state index contributed by atoms with van der Waals surface area (Å²) in [6, 6.07) is 0. The van der Waals surface area contributed by atoms with Crippen LogP contribution in [0.25, 0.3) is 0 Å². The second-order valence-corrected chi connectivity index (χ2v) is 5.24. The van der Waals surface area contributed by atoms with Gasteiger partial charge in [0.15, 0.2) is 10.9 Å². The smallest absolute Gasteiger partial charge is 0.233 e. The first-order valence-corrected chi connectivity index (χ1v) is 6.43. The second kappa shape index (κ2) is 4.54. The molecule has 2 rings (SSSR count). The zero-order chi connectivity index (χ0) is 12.5. The minimum absolute atomic E-state index is 0.0734. The van der Waals surface area contributed by atoms with Crippen LogP contribution >= 0.6 is 11.3 Å². The molecule has 1 saturated carbocycles. The van der Waals surface area contributed by atoms with Gasteiger partial charge in [0.05, 0.1) is 5.41 Å². The van der Waals surface area contributed by atoms with Crippen LogP contribution in [-0.4, -0.2) is 23.2 Å². The molecule has 5 nitrogen and oxygen atoms in total. The van der Waals surface area contributed by atoms with Gasteiger partial charge in [-0.2, -0.15) is 0 Å². The van der Waals surface area contributed by atoms with E-state index in [4.69, 9.17) is 5.73 Å². The number of carbonyl (C=O) groups excluding carboxylic acids is 2. The lowest BCUT2D eigenvalue weighted by molar-refractivity contribution is -0.129. The maximum absolute atomic E-state index is 12.0. The number of thiazole rings is 1. The Morgan fingerprint density at radius 3 is 2.71 bits per heavy atom. The minimum atomic E-state index is -0.415. The van der Waals surface area contributed by atoms with E-state index in [1.807, 2.05) is 0 Å². The second-order valence-electron chi connectivity index (χ2n) is 4.39. The van der Waals surface area contributed by atoms with Gasteiger partial charge in [0, 0.05) is 18.8 Å². The summed E-state index contributed by atoms with van der Waals surface area (Å²) in [6.45, 7) is 1.82. The number of anilines is 1. The third-order valence-corrected chi connectivity index (χ3v) is 4.03. The van der Waals surface area contributed by atoms with Crippen LogP contribution in [-0.2, 0) is 4.79 Å². The van der Waals surface area contributed by atoms with E-state index in [-0.39, 0.29) is 11.7 Å². The molecule has 1 aliphatic carbocycles. The summed E-state index contributed by atoms with van der Waals surface area (Å²) >= 11 is 1.26. The van der Waals surface area contributed by atoms with Gasteiger partial charge in [0.2, 0.25) is 5.91 Å². The Balaban J connectivity index is 2.05. The summed E-state index contributed by atoms with van der Waals surface area (Å²) in [4.78, 5) is 27.1. The summed E-state index contributed by atoms with van der Waals surface area (Å²) in [7, 11) is 0. The molecule has 1 amide bonds. The Morgan fingerprint density at radius 1 is 1.59 bits per heavy atom. The molecular formula is C11H15N3O2S. The van der Waals surface area contributed by atoms with Crippen LogP contribution in [0.2, 0.25) is 0 Å². The highest BCUT2D eigenvalue weighted by Crippen LogP contribution is 2.40. The van der Waals surface area contributed by atoms with E-state index >= 15 is 0 Å². The van der Waals surface area contributed by atoms with Gasteiger partial charge in [0.25, 0.3) is 0 Å². The number of hydrogen-bond donors (Lipinski definition) is 2. The lowest BCUT2D eigenvalue weighted by Gasteiger charge is -2.38. The van der Waals surface area contributed by atoms with Gasteiger partial charge in [-0.25, -0.2) is 4.98 Å². The fourth-order valence-electron chi connectivity index (χ4n) is 1.85. The van der Waals surface area contributed by atoms with Crippen LogP contribution in [0, 0.1) is 5.41 Å². The normalized spacial score (nSPS) is 17.3. The van der Waals surface area contributed by atoms with Crippen molar-refractivity contribution < 1.29 is 9.59 Å². The van der Waals surface area contributed by atoms with E-state index in [0.717, 1.165) is 19.3 Å². The van der Waals surface area contributed by atoms with Crippen LogP contribution in [0.3, 0.4) is 0 Å². The van der Waals surface area contributed by atoms with Crippen LogP contribution in [0.15, 0.2) is 5.38 Å². The highest BCUT2D eigenvalue weighted by atomic mass is 32.1. The highest BCUT2D eigenvalue weighted by molar-refractivity contribution is 7.14. The van der Waals surface area contributed by atoms with E-state index in [2.05, 4.69) is 10.3 Å². The van der Waals surface area contributed by atoms with Crippen molar-refractivity contribution >= 4 is 28.2 Å². The number of nitrogens with two attached hydrogens (primary N) is 1. The van der Waals surface area contributed by atoms with Crippen molar-refractivity contribution in [2.75, 3.05) is 11.9 Å². The van der Waals surface area contributed by atoms with Gasteiger partial charge in [-0.3, -0.25) is 9.59 Å². The molecule has 0 unspecified atom stereocenters. The van der Waals surface area contributed by atoms with Gasteiger partial charge in [-0.1, -0.05) is 6.42 Å². The van der Waals surface area contributed by atoms with E-state index in [1.165, 1.54) is 18.3 Å². The lowest BCUT2D eigenvalue weighted by Crippen LogP contribution is -2.47. The van der Waals surface area contributed by atoms with Crippen LogP contribution in [0.5, 0.6) is 0 Å². The first-order valence-electron chi connectivity index (χ1n) is 5.55. The number of nitrogens with one attached hydrogen (secondary N) is 1. The molecule has 0 radical (unpaired) electrons. The average molecular weight is 253 g/mol. The quantitative estimate of drug-likeness (QED) is 0.794. The molecule has 1 heterocycles. The number of amides is 1. The van der Waals surface area contributed by atoms with Crippen molar-refractivity contribution in [1.82, 2.24) is 4.98 Å². The van der Waals surface area contributed by atoms with Gasteiger partial charge in [-0.15, -0.1) is 11.3 Å². The standard InChI is InChI=1S/C11H15N3O2S/c1-7(15)8-5-17-10(13-8)14-9(16)11(6-12)3-2-4-11/h5H,2-4,6,12H2,1H3,(H,13,14,16). The molecule has 0 bridgehead atoms. The fraction of sp³-hybridized carbons (Fsp3) is 0.545. The van der Waals surface area contributed by atoms with Crippen molar-refractivity contribution in [3.63, 3.8) is 0 Å². The molecule has 1 fully saturated rings. The largest absolute Gasteiger partial charge is 0.329 e. The van der Waals surface area contributed by atoms with E-state index < -0.39 is 5.41 Å². The zero-order valence-electron chi connectivity index (χ0n) is 9.66. The number of ketones is 1. The maximum atomic E-state index is 12.0. The van der Waals surface area contributed by atoms with Gasteiger partial charge >= 0.3 is 0 Å². The summed E-state index contributed by atoms with van der Waals surface area (Å²) in [5.74, 6) is -0.172. The highest BCUT2D eigenvalue weighted by Gasteiger charge is 2.43. The van der Waals surface area contributed by atoms with Crippen LogP contribution in [0.4, 0.5) is 5.13 Å². The van der Waals surface area contributed by atoms with E-state index in [9.17, 15) is 9.59 Å². The molecule has 17 heavy (non-hydrogen) atoms. The minimum Gasteiger partial charge on any atom is -0.329 e. The van der Waals surface area contributed by atoms with E-state index in [0.29, 0.717) is 17.4 Å². The Bertz CT molecular complexity index is 446. The number of aromatic nitrogens is 1. The first kappa shape index (κ1) is 12.2. The summed E-state index contributed by atoms with van der Waals surface area (Å²) in [5, 5.41) is 4.87. The Hall–Kier alpha value is -1.27. The average Bonchev–Trinajstić information content (AvgIpc) is 2.65. The van der Waals surface area contributed by atoms with Crippen molar-refractivity contribution in [1.29, 1.82) is 0 Å². The van der Waals surface area contributed by atoms with Gasteiger partial charge in [0.1, 0.15) is 5.69 Å². The molecule has 3 N–H and O–H groups in total. The predicted octanol–water partition coefficient (Wildman–Crippen LogP) is 1.41. The van der Waals surface area contributed by atoms with Crippen molar-refractivity contribution in [3.8, 4) is 0 Å². The lowest BCUT2D eigenvalue weighted by atomic mass is 9.68. The molecule has 0 atom stereocenters. The number of carbonyl (C=O) groups is 2. The summed E-state index contributed by atoms with van der Waals surface area (Å²) in [5.41, 5.74) is 5.62. The van der Waals surface area contributed by atoms with Gasteiger partial charge in [-0.05, 0) is 12.8 Å². The number of nitrogens with zero attached hydrogens (tertiary/aromatic N) is 1. The molecule has 0 aromatic carbocycles. The zero-order valence-corrected chi connectivity index (χ0v) is 10.5. The molecule has 6 heteroatoms. The Morgan fingerprint density at radius 2 is 2.29 bits per heavy atom. The molecule has 1 aromatic heterocycles. The third-order valence-electron chi connectivity index (χ3n) is 3.27. The van der Waals surface area contributed by atoms with Crippen molar-refractivity contribution in [2.24, 2.45) is 11.1 Å². The number of hydrogen-bond acceptors (Lipinski definition) is 5. The molecule has 0 aliphatic heterocycles. The molecule has 0 spiro atoms. The SMILES string of the molecule is CC(=O)c1csc(NC(=O)C2(CN)CCC2)n1. The number of rotatable bonds is 4. The maximum Gasteiger partial charge on any atom is 0.233 e. The predicted molar refractivity (Wildman–Crippen MR) is 66.1 cm³/mol. The molecule has 92 valence electrons. The molecule has 1 aromatic rings. The third kappa shape index (κ3) is 2.23. The number of Topliss-reactive ketones (excluding diaryl/α,β-unsaturated/α-hetero) is 1. The first-order chi connectivity index (χ1) is 8.07. The topological polar surface area (TPSA) is 85.1 Å². The van der Waals surface area contributed by atoms with E-state index in [1.54, 1.807) is 5.38 Å². The van der Waals surface area contributed by atoms with Crippen LogP contribution in [0.1, 0.15) is 36.7 Å². The Labute approximate surface area is 103 Å². The van der Waals surface area contributed by atoms with Gasteiger partial charge < -0.3 is 11.1 Å².